The number of aliphatic hydroxyl groups is 1. The van der Waals surface area contributed by atoms with E-state index < -0.39 is 40.4 Å². The number of esters is 1. The van der Waals surface area contributed by atoms with Crippen LogP contribution in [0.1, 0.15) is 53.4 Å². The van der Waals surface area contributed by atoms with E-state index in [4.69, 9.17) is 9.84 Å². The zero-order chi connectivity index (χ0) is 21.8. The Hall–Kier alpha value is -2.48. The molecule has 29 heavy (non-hydrogen) atoms. The number of hydrogen-bond acceptors (Lipinski definition) is 6. The van der Waals surface area contributed by atoms with Crippen molar-refractivity contribution in [3.05, 3.63) is 22.8 Å². The van der Waals surface area contributed by atoms with Crippen molar-refractivity contribution in [2.24, 2.45) is 10.8 Å². The molecule has 8 heteroatoms. The van der Waals surface area contributed by atoms with Crippen LogP contribution in [0.3, 0.4) is 0 Å². The van der Waals surface area contributed by atoms with Crippen LogP contribution in [0.5, 0.6) is 0 Å². The van der Waals surface area contributed by atoms with E-state index in [2.05, 4.69) is 5.32 Å². The molecule has 0 heterocycles. The first-order chi connectivity index (χ1) is 13.3. The molecule has 0 aromatic heterocycles. The Balaban J connectivity index is 1.77. The summed E-state index contributed by atoms with van der Waals surface area (Å²) in [4.78, 5) is 47.5. The molecule has 0 saturated heterocycles. The van der Waals surface area contributed by atoms with E-state index in [1.807, 2.05) is 20.8 Å². The maximum atomic E-state index is 13.0. The quantitative estimate of drug-likeness (QED) is 0.568. The van der Waals surface area contributed by atoms with Crippen molar-refractivity contribution < 1.29 is 34.1 Å². The van der Waals surface area contributed by atoms with Gasteiger partial charge in [-0.25, -0.2) is 0 Å². The van der Waals surface area contributed by atoms with Crippen molar-refractivity contribution in [3.8, 4) is 0 Å². The van der Waals surface area contributed by atoms with Crippen LogP contribution in [0, 0.1) is 10.8 Å². The maximum Gasteiger partial charge on any atom is 0.326 e. The van der Waals surface area contributed by atoms with Crippen LogP contribution in [-0.4, -0.2) is 52.1 Å². The van der Waals surface area contributed by atoms with E-state index in [1.165, 1.54) is 0 Å². The molecular weight excluding hydrogens is 378 g/mol. The summed E-state index contributed by atoms with van der Waals surface area (Å²) in [5, 5.41) is 21.9. The number of rotatable bonds is 6. The molecule has 3 rings (SSSR count). The molecule has 3 N–H and O–H groups in total. The SMILES string of the molecule is CC1=C2C(=CC(C)(C)[C@@H]2OC(=O)CNC(=O)CCC(=O)O)C(=O)[C@](C)(O)C12CC2. The summed E-state index contributed by atoms with van der Waals surface area (Å²) in [5.74, 6) is -2.66. The number of carbonyl (C=O) groups is 4. The van der Waals surface area contributed by atoms with Crippen molar-refractivity contribution in [1.82, 2.24) is 5.32 Å². The summed E-state index contributed by atoms with van der Waals surface area (Å²) in [5.41, 5.74) is -0.789. The largest absolute Gasteiger partial charge is 0.481 e. The van der Waals surface area contributed by atoms with Crippen molar-refractivity contribution in [2.45, 2.75) is 65.1 Å². The van der Waals surface area contributed by atoms with E-state index in [0.717, 1.165) is 5.57 Å². The lowest BCUT2D eigenvalue weighted by atomic mass is 9.67. The van der Waals surface area contributed by atoms with Gasteiger partial charge in [0.25, 0.3) is 0 Å². The number of hydrogen-bond donors (Lipinski definition) is 3. The van der Waals surface area contributed by atoms with Crippen LogP contribution in [-0.2, 0) is 23.9 Å². The average molecular weight is 405 g/mol. The van der Waals surface area contributed by atoms with E-state index in [1.54, 1.807) is 13.0 Å². The van der Waals surface area contributed by atoms with Crippen LogP contribution in [0.4, 0.5) is 0 Å². The molecule has 0 aromatic rings. The lowest BCUT2D eigenvalue weighted by Crippen LogP contribution is -2.50. The molecule has 0 unspecified atom stereocenters. The minimum Gasteiger partial charge on any atom is -0.481 e. The van der Waals surface area contributed by atoms with E-state index >= 15 is 0 Å². The fourth-order valence-corrected chi connectivity index (χ4v) is 4.58. The van der Waals surface area contributed by atoms with Gasteiger partial charge in [-0.3, -0.25) is 19.2 Å². The first kappa shape index (κ1) is 21.2. The Morgan fingerprint density at radius 1 is 1.21 bits per heavy atom. The van der Waals surface area contributed by atoms with Crippen LogP contribution in [0.2, 0.25) is 0 Å². The molecule has 8 nitrogen and oxygen atoms in total. The highest BCUT2D eigenvalue weighted by Gasteiger charge is 2.66. The van der Waals surface area contributed by atoms with Crippen molar-refractivity contribution in [2.75, 3.05) is 6.54 Å². The van der Waals surface area contributed by atoms with Gasteiger partial charge >= 0.3 is 11.9 Å². The van der Waals surface area contributed by atoms with E-state index in [-0.39, 0.29) is 25.2 Å². The topological polar surface area (TPSA) is 130 Å². The normalized spacial score (nSPS) is 28.7. The van der Waals surface area contributed by atoms with Gasteiger partial charge in [-0.15, -0.1) is 0 Å². The summed E-state index contributed by atoms with van der Waals surface area (Å²) < 4.78 is 5.67. The molecule has 1 spiro atoms. The second-order valence-corrected chi connectivity index (χ2v) is 8.94. The number of carbonyl (C=O) groups excluding carboxylic acids is 3. The monoisotopic (exact) mass is 405 g/mol. The second kappa shape index (κ2) is 6.79. The number of fused-ring (bicyclic) bond motifs is 1. The molecule has 3 aliphatic carbocycles. The van der Waals surface area contributed by atoms with E-state index in [0.29, 0.717) is 24.0 Å². The number of Topliss-reactive ketones (excluding diaryl/α,β-unsaturated/α-hetero) is 1. The molecule has 1 amide bonds. The van der Waals surface area contributed by atoms with Crippen molar-refractivity contribution in [1.29, 1.82) is 0 Å². The smallest absolute Gasteiger partial charge is 0.326 e. The van der Waals surface area contributed by atoms with Gasteiger partial charge in [-0.1, -0.05) is 25.5 Å². The fraction of sp³-hybridized carbons (Fsp3) is 0.619. The zero-order valence-electron chi connectivity index (χ0n) is 17.1. The third kappa shape index (κ3) is 3.39. The molecule has 0 radical (unpaired) electrons. The molecule has 0 aliphatic heterocycles. The van der Waals surface area contributed by atoms with E-state index in [9.17, 15) is 24.3 Å². The highest BCUT2D eigenvalue weighted by molar-refractivity contribution is 6.09. The van der Waals surface area contributed by atoms with Crippen molar-refractivity contribution in [3.63, 3.8) is 0 Å². The van der Waals surface area contributed by atoms with Gasteiger partial charge < -0.3 is 20.3 Å². The highest BCUT2D eigenvalue weighted by Crippen LogP contribution is 2.65. The lowest BCUT2D eigenvalue weighted by molar-refractivity contribution is -0.151. The molecule has 1 fully saturated rings. The maximum absolute atomic E-state index is 13.0. The minimum absolute atomic E-state index is 0.223. The lowest BCUT2D eigenvalue weighted by Gasteiger charge is -2.40. The fourth-order valence-electron chi connectivity index (χ4n) is 4.58. The van der Waals surface area contributed by atoms with Crippen LogP contribution >= 0.6 is 0 Å². The summed E-state index contributed by atoms with van der Waals surface area (Å²) in [6, 6.07) is 0. The number of ketones is 1. The number of aliphatic carboxylic acids is 1. The molecule has 3 aliphatic rings. The minimum atomic E-state index is -1.47. The van der Waals surface area contributed by atoms with Gasteiger partial charge in [0.05, 0.1) is 6.42 Å². The molecule has 1 saturated carbocycles. The molecule has 158 valence electrons. The Morgan fingerprint density at radius 3 is 2.38 bits per heavy atom. The van der Waals surface area contributed by atoms with Crippen molar-refractivity contribution >= 4 is 23.6 Å². The van der Waals surface area contributed by atoms with Gasteiger partial charge in [0.15, 0.2) is 5.78 Å². The third-order valence-corrected chi connectivity index (χ3v) is 6.48. The summed E-state index contributed by atoms with van der Waals surface area (Å²) in [6.45, 7) is 6.76. The predicted octanol–water partition coefficient (Wildman–Crippen LogP) is 1.28. The molecule has 0 bridgehead atoms. The number of carboxylic acid groups (broad SMARTS) is 1. The first-order valence-electron chi connectivity index (χ1n) is 9.73. The standard InChI is InChI=1S/C21H27NO7/c1-11-16-12(17(27)20(4,28)21(11)7-8-21)9-19(2,3)18(16)29-15(26)10-22-13(23)5-6-14(24)25/h9,18,28H,5-8,10H2,1-4H3,(H,22,23)(H,24,25)/t18-,20+/m1/s1. The van der Waals surface area contributed by atoms with Gasteiger partial charge in [0.1, 0.15) is 18.2 Å². The molecular formula is C21H27NO7. The number of carboxylic acids is 1. The molecule has 0 aromatic carbocycles. The Morgan fingerprint density at radius 2 is 1.83 bits per heavy atom. The summed E-state index contributed by atoms with van der Waals surface area (Å²) >= 11 is 0. The Labute approximate surface area is 169 Å². The average Bonchev–Trinajstić information content (AvgIpc) is 3.39. The summed E-state index contributed by atoms with van der Waals surface area (Å²) in [6.07, 6.45) is 1.92. The first-order valence-corrected chi connectivity index (χ1v) is 9.73. The third-order valence-electron chi connectivity index (χ3n) is 6.48. The highest BCUT2D eigenvalue weighted by atomic mass is 16.5. The number of ether oxygens (including phenoxy) is 1. The van der Waals surface area contributed by atoms with Gasteiger partial charge in [0, 0.05) is 28.4 Å². The Bertz CT molecular complexity index is 858. The number of amides is 1. The van der Waals surface area contributed by atoms with Crippen LogP contribution in [0.25, 0.3) is 0 Å². The second-order valence-electron chi connectivity index (χ2n) is 8.94. The molecule has 2 atom stereocenters. The zero-order valence-corrected chi connectivity index (χ0v) is 17.1. The van der Waals surface area contributed by atoms with Gasteiger partial charge in [-0.2, -0.15) is 0 Å². The predicted molar refractivity (Wildman–Crippen MR) is 102 cm³/mol. The van der Waals surface area contributed by atoms with Crippen LogP contribution in [0.15, 0.2) is 22.8 Å². The Kier molecular flexibility index (Phi) is 4.98. The van der Waals surface area contributed by atoms with Crippen LogP contribution < -0.4 is 5.32 Å². The van der Waals surface area contributed by atoms with Gasteiger partial charge in [-0.05, 0) is 26.7 Å². The number of nitrogens with one attached hydrogen (secondary N) is 1. The summed E-state index contributed by atoms with van der Waals surface area (Å²) in [7, 11) is 0. The van der Waals surface area contributed by atoms with Gasteiger partial charge in [0.2, 0.25) is 5.91 Å².